The molecule has 2 unspecified atom stereocenters. The molecule has 1 saturated carbocycles. The number of carbonyl (C=O) groups is 1. The van der Waals surface area contributed by atoms with Crippen LogP contribution in [0.5, 0.6) is 11.5 Å². The number of ether oxygens (including phenoxy) is 1. The van der Waals surface area contributed by atoms with Gasteiger partial charge < -0.3 is 9.84 Å². The molecule has 1 fully saturated rings. The predicted molar refractivity (Wildman–Crippen MR) is 121 cm³/mol. The third-order valence-electron chi connectivity index (χ3n) is 6.03. The molecule has 1 aliphatic carbocycles. The Bertz CT molecular complexity index is 978. The van der Waals surface area contributed by atoms with Crippen molar-refractivity contribution in [3.8, 4) is 11.5 Å². The first-order chi connectivity index (χ1) is 14.5. The highest BCUT2D eigenvalue weighted by Crippen LogP contribution is 2.71. The second-order valence-corrected chi connectivity index (χ2v) is 9.97. The molecule has 0 spiro atoms. The lowest BCUT2D eigenvalue weighted by Crippen LogP contribution is -2.24. The van der Waals surface area contributed by atoms with Crippen molar-refractivity contribution < 1.29 is 23.4 Å². The molecule has 0 saturated heterocycles. The van der Waals surface area contributed by atoms with Gasteiger partial charge in [-0.15, -0.1) is 0 Å². The second kappa shape index (κ2) is 8.83. The van der Waals surface area contributed by atoms with Gasteiger partial charge >= 0.3 is 11.2 Å². The fourth-order valence-electron chi connectivity index (χ4n) is 4.23. The molecule has 2 aromatic rings. The zero-order valence-corrected chi connectivity index (χ0v) is 19.1. The third kappa shape index (κ3) is 4.60. The van der Waals surface area contributed by atoms with Crippen molar-refractivity contribution in [3.63, 3.8) is 0 Å². The Morgan fingerprint density at radius 3 is 2.45 bits per heavy atom. The number of hydrogen-bond acceptors (Lipinski definition) is 3. The van der Waals surface area contributed by atoms with Gasteiger partial charge in [0.25, 0.3) is 0 Å². The van der Waals surface area contributed by atoms with E-state index >= 15 is 0 Å². The van der Waals surface area contributed by atoms with E-state index < -0.39 is 33.0 Å². The largest absolute Gasteiger partial charge is 0.481 e. The molecule has 2 aromatic carbocycles. The van der Waals surface area contributed by atoms with Crippen LogP contribution in [0.3, 0.4) is 0 Å². The summed E-state index contributed by atoms with van der Waals surface area (Å²) >= 11 is 6.37. The molecule has 0 aliphatic heterocycles. The Labute approximate surface area is 190 Å². The van der Waals surface area contributed by atoms with Crippen LogP contribution >= 0.6 is 23.4 Å². The summed E-state index contributed by atoms with van der Waals surface area (Å²) in [4.78, 5) is 12.4. The number of benzene rings is 2. The molecule has 0 radical (unpaired) electrons. The highest BCUT2D eigenvalue weighted by atomic mass is 35.5. The molecule has 166 valence electrons. The standard InChI is InChI=1S/C24H25ClF2O3S/c1-4-31-24(26,27)20(25)14-19-22(2,3)23(19,21(28)29)15-16-9-8-12-18(13-16)30-17-10-6-5-7-11-17/h5-14,19H,4,15H2,1-3H3,(H,28,29). The van der Waals surface area contributed by atoms with E-state index in [1.807, 2.05) is 36.4 Å². The van der Waals surface area contributed by atoms with Gasteiger partial charge in [0.15, 0.2) is 0 Å². The first kappa shape index (κ1) is 23.6. The van der Waals surface area contributed by atoms with Crippen molar-refractivity contribution >= 4 is 29.3 Å². The summed E-state index contributed by atoms with van der Waals surface area (Å²) in [5.41, 5.74) is -1.21. The highest BCUT2D eigenvalue weighted by molar-refractivity contribution is 8.00. The number of alkyl halides is 2. The monoisotopic (exact) mass is 466 g/mol. The van der Waals surface area contributed by atoms with Gasteiger partial charge in [-0.3, -0.25) is 4.79 Å². The maximum atomic E-state index is 14.2. The molecule has 3 nitrogen and oxygen atoms in total. The van der Waals surface area contributed by atoms with E-state index in [2.05, 4.69) is 0 Å². The molecule has 0 heterocycles. The normalized spacial score (nSPS) is 22.8. The van der Waals surface area contributed by atoms with Crippen LogP contribution in [0.2, 0.25) is 0 Å². The fraction of sp³-hybridized carbons (Fsp3) is 0.375. The summed E-state index contributed by atoms with van der Waals surface area (Å²) in [6.45, 7) is 5.18. The SMILES string of the molecule is CCSC(F)(F)C(Cl)=CC1C(C)(C)C1(Cc1cccc(Oc2ccccc2)c1)C(=O)O. The number of halogens is 3. The molecule has 7 heteroatoms. The molecule has 0 bridgehead atoms. The number of aliphatic carboxylic acids is 1. The van der Waals surface area contributed by atoms with Gasteiger partial charge in [0.05, 0.1) is 10.4 Å². The number of para-hydroxylation sites is 1. The minimum Gasteiger partial charge on any atom is -0.481 e. The quantitative estimate of drug-likeness (QED) is 0.424. The maximum Gasteiger partial charge on any atom is 0.329 e. The van der Waals surface area contributed by atoms with Gasteiger partial charge in [0.2, 0.25) is 0 Å². The van der Waals surface area contributed by atoms with E-state index in [-0.39, 0.29) is 12.2 Å². The van der Waals surface area contributed by atoms with Crippen LogP contribution in [0.1, 0.15) is 26.3 Å². The van der Waals surface area contributed by atoms with Crippen molar-refractivity contribution in [1.82, 2.24) is 0 Å². The molecular weight excluding hydrogens is 442 g/mol. The van der Waals surface area contributed by atoms with E-state index in [1.54, 1.807) is 39.0 Å². The third-order valence-corrected chi connectivity index (χ3v) is 7.38. The van der Waals surface area contributed by atoms with E-state index in [0.29, 0.717) is 23.3 Å². The number of carboxylic acids is 1. The van der Waals surface area contributed by atoms with Crippen LogP contribution in [0.4, 0.5) is 8.78 Å². The summed E-state index contributed by atoms with van der Waals surface area (Å²) in [6.07, 6.45) is 1.42. The van der Waals surface area contributed by atoms with Crippen LogP contribution in [-0.4, -0.2) is 22.1 Å². The van der Waals surface area contributed by atoms with Gasteiger partial charge in [-0.05, 0) is 47.4 Å². The topological polar surface area (TPSA) is 46.5 Å². The van der Waals surface area contributed by atoms with Crippen molar-refractivity contribution in [1.29, 1.82) is 0 Å². The smallest absolute Gasteiger partial charge is 0.329 e. The van der Waals surface area contributed by atoms with Gasteiger partial charge in [-0.1, -0.05) is 80.5 Å². The number of carboxylic acid groups (broad SMARTS) is 1. The average Bonchev–Trinajstić information content (AvgIpc) is 3.17. The molecule has 1 aliphatic rings. The van der Waals surface area contributed by atoms with Gasteiger partial charge in [0.1, 0.15) is 11.5 Å². The lowest BCUT2D eigenvalue weighted by molar-refractivity contribution is -0.145. The molecule has 31 heavy (non-hydrogen) atoms. The summed E-state index contributed by atoms with van der Waals surface area (Å²) in [5, 5.41) is 6.26. The average molecular weight is 467 g/mol. The Hall–Kier alpha value is -2.05. The summed E-state index contributed by atoms with van der Waals surface area (Å²) < 4.78 is 34.2. The predicted octanol–water partition coefficient (Wildman–Crippen LogP) is 7.22. The van der Waals surface area contributed by atoms with E-state index in [4.69, 9.17) is 16.3 Å². The lowest BCUT2D eigenvalue weighted by Gasteiger charge is -2.17. The summed E-state index contributed by atoms with van der Waals surface area (Å²) in [6, 6.07) is 16.4. The summed E-state index contributed by atoms with van der Waals surface area (Å²) in [7, 11) is 0. The Morgan fingerprint density at radius 2 is 1.84 bits per heavy atom. The van der Waals surface area contributed by atoms with Crippen LogP contribution in [0, 0.1) is 16.7 Å². The molecular formula is C24H25ClF2O3S. The van der Waals surface area contributed by atoms with Crippen molar-refractivity contribution in [2.75, 3.05) is 5.75 Å². The minimum atomic E-state index is -3.23. The Balaban J connectivity index is 1.87. The maximum absolute atomic E-state index is 14.2. The number of rotatable bonds is 9. The Morgan fingerprint density at radius 1 is 1.19 bits per heavy atom. The minimum absolute atomic E-state index is 0.180. The van der Waals surface area contributed by atoms with Crippen LogP contribution < -0.4 is 4.74 Å². The van der Waals surface area contributed by atoms with Crippen LogP contribution in [0.25, 0.3) is 0 Å². The lowest BCUT2D eigenvalue weighted by atomic mass is 9.88. The van der Waals surface area contributed by atoms with Gasteiger partial charge in [0, 0.05) is 5.92 Å². The van der Waals surface area contributed by atoms with E-state index in [9.17, 15) is 18.7 Å². The van der Waals surface area contributed by atoms with Gasteiger partial charge in [-0.25, -0.2) is 0 Å². The Kier molecular flexibility index (Phi) is 6.72. The van der Waals surface area contributed by atoms with Gasteiger partial charge in [-0.2, -0.15) is 8.78 Å². The number of hydrogen-bond donors (Lipinski definition) is 1. The molecule has 1 N–H and O–H groups in total. The zero-order chi connectivity index (χ0) is 22.9. The molecule has 2 atom stereocenters. The van der Waals surface area contributed by atoms with E-state index in [0.717, 1.165) is 5.56 Å². The second-order valence-electron chi connectivity index (χ2n) is 8.18. The van der Waals surface area contributed by atoms with Crippen molar-refractivity contribution in [3.05, 3.63) is 71.3 Å². The highest BCUT2D eigenvalue weighted by Gasteiger charge is 2.74. The number of allylic oxidation sites excluding steroid dienone is 1. The zero-order valence-electron chi connectivity index (χ0n) is 17.6. The van der Waals surface area contributed by atoms with Crippen molar-refractivity contribution in [2.24, 2.45) is 16.7 Å². The van der Waals surface area contributed by atoms with E-state index in [1.165, 1.54) is 6.08 Å². The molecule has 3 rings (SSSR count). The number of thioether (sulfide) groups is 1. The molecule has 0 amide bonds. The summed E-state index contributed by atoms with van der Waals surface area (Å²) in [5.74, 6) is -0.193. The van der Waals surface area contributed by atoms with Crippen LogP contribution in [0.15, 0.2) is 65.7 Å². The van der Waals surface area contributed by atoms with Crippen molar-refractivity contribution in [2.45, 2.75) is 32.4 Å². The fourth-order valence-corrected chi connectivity index (χ4v) is 5.09. The first-order valence-electron chi connectivity index (χ1n) is 9.99. The molecule has 0 aromatic heterocycles. The first-order valence-corrected chi connectivity index (χ1v) is 11.4. The van der Waals surface area contributed by atoms with Crippen LogP contribution in [-0.2, 0) is 11.2 Å².